The van der Waals surface area contributed by atoms with E-state index in [4.69, 9.17) is 29.7 Å². The fraction of sp³-hybridized carbons (Fsp3) is 0.689. The number of nitrogens with two attached hydrogens (primary N) is 1. The highest BCUT2D eigenvalue weighted by Crippen LogP contribution is 2.29. The van der Waals surface area contributed by atoms with Crippen molar-refractivity contribution in [2.24, 2.45) is 0 Å². The molecular weight excluding hydrogens is 785 g/mol. The number of carbonyl (C=O) groups excluding carboxylic acids is 4. The number of nitrogens with one attached hydrogen (secondary N) is 2. The summed E-state index contributed by atoms with van der Waals surface area (Å²) in [6.07, 6.45) is 15.3. The van der Waals surface area contributed by atoms with Crippen LogP contribution in [0.15, 0.2) is 24.3 Å². The van der Waals surface area contributed by atoms with Crippen LogP contribution in [0.5, 0.6) is 0 Å². The first-order valence-corrected chi connectivity index (χ1v) is 23.3. The van der Waals surface area contributed by atoms with Gasteiger partial charge in [-0.25, -0.2) is 14.8 Å². The maximum absolute atomic E-state index is 13.6. The summed E-state index contributed by atoms with van der Waals surface area (Å²) in [7, 11) is 0. The molecule has 15 heteroatoms. The van der Waals surface area contributed by atoms with Gasteiger partial charge in [0.05, 0.1) is 11.0 Å². The number of carbonyl (C=O) groups is 4. The zero-order valence-corrected chi connectivity index (χ0v) is 37.9. The lowest BCUT2D eigenvalue weighted by Crippen LogP contribution is -2.50. The summed E-state index contributed by atoms with van der Waals surface area (Å²) in [4.78, 5) is 60.1. The Morgan fingerprint density at radius 1 is 0.867 bits per heavy atom. The van der Waals surface area contributed by atoms with E-state index in [9.17, 15) is 19.2 Å². The lowest BCUT2D eigenvalue weighted by molar-refractivity contribution is -0.156. The number of unbranched alkanes of at least 4 members (excludes halogenated alkanes) is 12. The van der Waals surface area contributed by atoms with Crippen molar-refractivity contribution in [3.63, 3.8) is 0 Å². The molecule has 336 valence electrons. The molecule has 0 radical (unpaired) electrons. The number of aromatic nitrogens is 3. The largest absolute Gasteiger partial charge is 0.462 e. The molecule has 1 unspecified atom stereocenters. The molecule has 3 aromatic rings. The van der Waals surface area contributed by atoms with Crippen molar-refractivity contribution in [2.45, 2.75) is 169 Å². The first kappa shape index (κ1) is 50.2. The predicted octanol–water partition coefficient (Wildman–Crippen LogP) is 8.79. The van der Waals surface area contributed by atoms with Crippen molar-refractivity contribution >= 4 is 63.5 Å². The molecule has 4 N–H and O–H groups in total. The van der Waals surface area contributed by atoms with Gasteiger partial charge in [0.1, 0.15) is 42.3 Å². The van der Waals surface area contributed by atoms with Gasteiger partial charge in [-0.1, -0.05) is 102 Å². The number of fused-ring (bicyclic) bond motifs is 3. The summed E-state index contributed by atoms with van der Waals surface area (Å²) >= 11 is 1.30. The normalized spacial score (nSPS) is 12.6. The van der Waals surface area contributed by atoms with Crippen molar-refractivity contribution in [1.29, 1.82) is 0 Å². The molecule has 0 aliphatic rings. The number of imidazole rings is 1. The molecule has 2 atom stereocenters. The Kier molecular flexibility index (Phi) is 23.2. The summed E-state index contributed by atoms with van der Waals surface area (Å²) < 4.78 is 24.2. The van der Waals surface area contributed by atoms with E-state index in [-0.39, 0.29) is 30.7 Å². The van der Waals surface area contributed by atoms with Gasteiger partial charge < -0.3 is 39.9 Å². The van der Waals surface area contributed by atoms with Crippen LogP contribution in [0.2, 0.25) is 0 Å². The average molecular weight is 857 g/mol. The zero-order valence-electron chi connectivity index (χ0n) is 37.1. The average Bonchev–Trinajstić information content (AvgIpc) is 3.57. The van der Waals surface area contributed by atoms with E-state index in [2.05, 4.69) is 27.1 Å². The van der Waals surface area contributed by atoms with E-state index in [1.807, 2.05) is 31.2 Å². The van der Waals surface area contributed by atoms with Crippen LogP contribution >= 0.6 is 11.8 Å². The van der Waals surface area contributed by atoms with Crippen molar-refractivity contribution < 1.29 is 38.1 Å². The summed E-state index contributed by atoms with van der Waals surface area (Å²) in [6.45, 7) is 12.2. The topological polar surface area (TPSA) is 186 Å². The molecule has 2 heterocycles. The highest BCUT2D eigenvalue weighted by molar-refractivity contribution is 7.99. The van der Waals surface area contributed by atoms with Crippen LogP contribution < -0.4 is 16.4 Å². The molecule has 0 bridgehead atoms. The monoisotopic (exact) mass is 857 g/mol. The molecule has 0 saturated carbocycles. The van der Waals surface area contributed by atoms with Crippen LogP contribution in [0, 0.1) is 0 Å². The van der Waals surface area contributed by atoms with Crippen LogP contribution in [0.4, 0.5) is 10.6 Å². The van der Waals surface area contributed by atoms with E-state index in [1.54, 1.807) is 20.8 Å². The van der Waals surface area contributed by atoms with Gasteiger partial charge in [-0.15, -0.1) is 0 Å². The third-order valence-electron chi connectivity index (χ3n) is 9.83. The van der Waals surface area contributed by atoms with Gasteiger partial charge in [-0.3, -0.25) is 14.4 Å². The van der Waals surface area contributed by atoms with Gasteiger partial charge in [-0.05, 0) is 46.6 Å². The van der Waals surface area contributed by atoms with Crippen LogP contribution in [-0.4, -0.2) is 87.5 Å². The maximum atomic E-state index is 13.6. The Balaban J connectivity index is 1.49. The van der Waals surface area contributed by atoms with E-state index in [0.717, 1.165) is 35.7 Å². The third kappa shape index (κ3) is 19.1. The highest BCUT2D eigenvalue weighted by atomic mass is 32.2. The molecule has 0 saturated heterocycles. The second kappa shape index (κ2) is 27.7. The smallest absolute Gasteiger partial charge is 0.408 e. The molecule has 0 fully saturated rings. The Labute approximate surface area is 361 Å². The van der Waals surface area contributed by atoms with E-state index in [1.165, 1.54) is 82.9 Å². The molecular formula is C45H72N6O8S. The number of esters is 2. The number of alkyl carbamates (subject to hydrolysis) is 1. The minimum Gasteiger partial charge on any atom is -0.462 e. The zero-order chi connectivity index (χ0) is 43.8. The molecule has 0 aliphatic carbocycles. The third-order valence-corrected chi connectivity index (χ3v) is 11.0. The van der Waals surface area contributed by atoms with Crippen molar-refractivity contribution in [1.82, 2.24) is 25.2 Å². The minimum absolute atomic E-state index is 0.0918. The molecule has 60 heavy (non-hydrogen) atoms. The molecule has 0 spiro atoms. The first-order valence-electron chi connectivity index (χ1n) is 22.1. The summed E-state index contributed by atoms with van der Waals surface area (Å²) in [6, 6.07) is 6.78. The Morgan fingerprint density at radius 3 is 2.15 bits per heavy atom. The maximum Gasteiger partial charge on any atom is 0.408 e. The number of benzene rings is 1. The van der Waals surface area contributed by atoms with Gasteiger partial charge >= 0.3 is 18.0 Å². The number of hydrogen-bond acceptors (Lipinski definition) is 12. The first-order chi connectivity index (χ1) is 28.8. The molecule has 2 amide bonds. The van der Waals surface area contributed by atoms with Gasteiger partial charge in [0.15, 0.2) is 5.82 Å². The Hall–Kier alpha value is -4.11. The van der Waals surface area contributed by atoms with Gasteiger partial charge in [0.2, 0.25) is 5.91 Å². The molecule has 3 rings (SSSR count). The van der Waals surface area contributed by atoms with Gasteiger partial charge in [-0.2, -0.15) is 11.8 Å². The summed E-state index contributed by atoms with van der Waals surface area (Å²) in [5.41, 5.74) is 7.77. The highest BCUT2D eigenvalue weighted by Gasteiger charge is 2.26. The number of aryl methyl sites for hydroxylation is 1. The van der Waals surface area contributed by atoms with E-state index < -0.39 is 35.7 Å². The quantitative estimate of drug-likeness (QED) is 0.0329. The van der Waals surface area contributed by atoms with Gasteiger partial charge in [0, 0.05) is 49.9 Å². The molecule has 2 aromatic heterocycles. The van der Waals surface area contributed by atoms with Gasteiger partial charge in [0.25, 0.3) is 0 Å². The van der Waals surface area contributed by atoms with Crippen molar-refractivity contribution in [3.05, 3.63) is 30.1 Å². The Bertz CT molecular complexity index is 1760. The summed E-state index contributed by atoms with van der Waals surface area (Å²) in [5, 5.41) is 6.56. The number of hydrogen-bond donors (Lipinski definition) is 3. The molecule has 14 nitrogen and oxygen atoms in total. The van der Waals surface area contributed by atoms with Crippen LogP contribution in [0.25, 0.3) is 21.9 Å². The fourth-order valence-corrected chi connectivity index (χ4v) is 7.90. The number of rotatable bonds is 30. The van der Waals surface area contributed by atoms with Crippen molar-refractivity contribution in [3.8, 4) is 0 Å². The standard InChI is InChI=1S/C45H72N6O8S/c1-7-9-10-11-12-13-14-15-16-17-18-19-20-26-39(53)57-29-34(58-33(3)52)31-60-32-37(49-44(55)59-45(4,5)6)43(54)47-27-23-28-51-38(30-56-8-2)50-40-41(51)35-24-21-22-25-36(35)48-42(40)46/h21-22,24-25,34,37H,7-20,23,26-32H2,1-6H3,(H2,46,48)(H,47,54)(H,49,55)/t34?,37-/m0/s1. The molecule has 1 aromatic carbocycles. The van der Waals surface area contributed by atoms with Crippen LogP contribution in [-0.2, 0) is 46.5 Å². The Morgan fingerprint density at radius 2 is 1.52 bits per heavy atom. The van der Waals surface area contributed by atoms with E-state index >= 15 is 0 Å². The number of ether oxygens (including phenoxy) is 4. The number of para-hydroxylation sites is 1. The fourth-order valence-electron chi connectivity index (χ4n) is 6.87. The number of thioether (sulfide) groups is 1. The minimum atomic E-state index is -0.960. The van der Waals surface area contributed by atoms with Crippen LogP contribution in [0.1, 0.15) is 144 Å². The number of anilines is 1. The van der Waals surface area contributed by atoms with Crippen LogP contribution in [0.3, 0.4) is 0 Å². The number of nitrogens with zero attached hydrogens (tertiary/aromatic N) is 3. The number of amides is 2. The SMILES string of the molecule is CCCCCCCCCCCCCCCC(=O)OCC(CSC[C@H](NC(=O)OC(C)(C)C)C(=O)NCCCn1c(COCC)nc2c(N)nc3ccccc3c21)OC(C)=O. The van der Waals surface area contributed by atoms with Crippen molar-refractivity contribution in [2.75, 3.05) is 37.0 Å². The number of pyridine rings is 1. The molecule has 0 aliphatic heterocycles. The predicted molar refractivity (Wildman–Crippen MR) is 240 cm³/mol. The summed E-state index contributed by atoms with van der Waals surface area (Å²) in [5.74, 6) is 0.206. The lowest BCUT2D eigenvalue weighted by Gasteiger charge is -2.24. The lowest BCUT2D eigenvalue weighted by atomic mass is 10.0. The number of nitrogen functional groups attached to an aromatic ring is 1. The second-order valence-electron chi connectivity index (χ2n) is 16.3. The second-order valence-corrected chi connectivity index (χ2v) is 17.4. The van der Waals surface area contributed by atoms with E-state index in [0.29, 0.717) is 49.7 Å².